The van der Waals surface area contributed by atoms with Crippen molar-refractivity contribution in [1.29, 1.82) is 0 Å². The number of carbonyl (C=O) groups is 2. The number of nitrogens with one attached hydrogen (secondary N) is 2. The summed E-state index contributed by atoms with van der Waals surface area (Å²) in [5.41, 5.74) is 1.87. The van der Waals surface area contributed by atoms with E-state index >= 15 is 0 Å². The number of hydrogen-bond donors (Lipinski definition) is 3. The zero-order chi connectivity index (χ0) is 21.6. The van der Waals surface area contributed by atoms with Crippen molar-refractivity contribution >= 4 is 18.2 Å². The maximum atomic E-state index is 12.2. The average Bonchev–Trinajstić information content (AvgIpc) is 3.06. The van der Waals surface area contributed by atoms with Crippen molar-refractivity contribution in [1.82, 2.24) is 15.1 Å². The first-order valence-corrected chi connectivity index (χ1v) is 10.5. The molecule has 30 heavy (non-hydrogen) atoms. The number of ether oxygens (including phenoxy) is 1. The second kappa shape index (κ2) is 13.4. The highest BCUT2D eigenvalue weighted by molar-refractivity contribution is 5.90. The van der Waals surface area contributed by atoms with Crippen LogP contribution in [0.2, 0.25) is 0 Å². The number of hydrogen-bond acceptors (Lipinski definition) is 5. The molecule has 1 aromatic heterocycles. The Labute approximate surface area is 177 Å². The molecule has 1 saturated heterocycles. The van der Waals surface area contributed by atoms with Crippen LogP contribution in [-0.4, -0.2) is 59.3 Å². The zero-order valence-electron chi connectivity index (χ0n) is 17.6. The van der Waals surface area contributed by atoms with E-state index in [1.165, 1.54) is 38.8 Å². The number of H-pyrrole nitrogens is 1. The van der Waals surface area contributed by atoms with Crippen LogP contribution in [-0.2, 0) is 9.59 Å². The number of likely N-dealkylation sites (tertiary alicyclic amines) is 1. The van der Waals surface area contributed by atoms with Gasteiger partial charge in [-0.1, -0.05) is 12.8 Å². The van der Waals surface area contributed by atoms with Crippen molar-refractivity contribution in [2.45, 2.75) is 44.9 Å². The monoisotopic (exact) mass is 416 g/mol. The summed E-state index contributed by atoms with van der Waals surface area (Å²) in [6, 6.07) is 9.58. The molecule has 164 valence electrons. The lowest BCUT2D eigenvalue weighted by atomic mass is 10.1. The number of aromatic amines is 1. The van der Waals surface area contributed by atoms with Gasteiger partial charge in [-0.2, -0.15) is 5.10 Å². The van der Waals surface area contributed by atoms with Crippen molar-refractivity contribution in [2.24, 2.45) is 0 Å². The third kappa shape index (κ3) is 8.24. The maximum absolute atomic E-state index is 12.2. The number of unbranched alkanes of at least 4 members (excludes halogenated alkanes) is 1. The van der Waals surface area contributed by atoms with Crippen molar-refractivity contribution in [3.63, 3.8) is 0 Å². The van der Waals surface area contributed by atoms with Crippen LogP contribution in [0.15, 0.2) is 30.3 Å². The highest BCUT2D eigenvalue weighted by Gasteiger charge is 2.10. The first kappa shape index (κ1) is 23.4. The van der Waals surface area contributed by atoms with Gasteiger partial charge in [0, 0.05) is 12.5 Å². The quantitative estimate of drug-likeness (QED) is 0.447. The first-order chi connectivity index (χ1) is 14.7. The van der Waals surface area contributed by atoms with E-state index in [-0.39, 0.29) is 12.4 Å². The fourth-order valence-corrected chi connectivity index (χ4v) is 3.49. The number of carbonyl (C=O) groups excluding carboxylic acids is 1. The van der Waals surface area contributed by atoms with Gasteiger partial charge in [-0.3, -0.25) is 14.7 Å². The summed E-state index contributed by atoms with van der Waals surface area (Å²) in [7, 11) is 1.65. The van der Waals surface area contributed by atoms with Gasteiger partial charge < -0.3 is 20.1 Å². The van der Waals surface area contributed by atoms with Crippen molar-refractivity contribution in [2.75, 3.05) is 32.1 Å². The van der Waals surface area contributed by atoms with E-state index in [1.807, 2.05) is 30.3 Å². The number of aromatic nitrogens is 2. The minimum atomic E-state index is -0.250. The molecule has 1 amide bonds. The minimum Gasteiger partial charge on any atom is -0.497 e. The zero-order valence-corrected chi connectivity index (χ0v) is 17.6. The van der Waals surface area contributed by atoms with Crippen LogP contribution in [0.25, 0.3) is 11.3 Å². The van der Waals surface area contributed by atoms with Crippen molar-refractivity contribution in [3.8, 4) is 17.0 Å². The third-order valence-corrected chi connectivity index (χ3v) is 5.07. The molecule has 2 heterocycles. The van der Waals surface area contributed by atoms with Gasteiger partial charge in [0.2, 0.25) is 5.91 Å². The summed E-state index contributed by atoms with van der Waals surface area (Å²) in [5.74, 6) is 1.41. The Kier molecular flexibility index (Phi) is 10.4. The topological polar surface area (TPSA) is 108 Å². The van der Waals surface area contributed by atoms with E-state index in [1.54, 1.807) is 7.11 Å². The molecule has 1 fully saturated rings. The summed E-state index contributed by atoms with van der Waals surface area (Å²) >= 11 is 0. The minimum absolute atomic E-state index is 0.0265. The van der Waals surface area contributed by atoms with Crippen LogP contribution >= 0.6 is 0 Å². The van der Waals surface area contributed by atoms with E-state index in [0.717, 1.165) is 36.4 Å². The molecule has 0 radical (unpaired) electrons. The largest absolute Gasteiger partial charge is 0.497 e. The molecule has 1 aromatic carbocycles. The van der Waals surface area contributed by atoms with Gasteiger partial charge in [0.25, 0.3) is 6.47 Å². The highest BCUT2D eigenvalue weighted by Crippen LogP contribution is 2.22. The summed E-state index contributed by atoms with van der Waals surface area (Å²) < 4.78 is 5.17. The lowest BCUT2D eigenvalue weighted by Gasteiger charge is -2.19. The first-order valence-electron chi connectivity index (χ1n) is 10.5. The summed E-state index contributed by atoms with van der Waals surface area (Å²) in [6.45, 7) is 3.29. The molecule has 8 nitrogen and oxygen atoms in total. The van der Waals surface area contributed by atoms with Gasteiger partial charge >= 0.3 is 0 Å². The average molecular weight is 417 g/mol. The van der Waals surface area contributed by atoms with Crippen molar-refractivity contribution in [3.05, 3.63) is 30.3 Å². The maximum Gasteiger partial charge on any atom is 0.290 e. The lowest BCUT2D eigenvalue weighted by Crippen LogP contribution is -2.25. The van der Waals surface area contributed by atoms with Crippen molar-refractivity contribution < 1.29 is 19.4 Å². The molecule has 0 aliphatic carbocycles. The molecule has 8 heteroatoms. The molecule has 3 rings (SSSR count). The fraction of sp³-hybridized carbons (Fsp3) is 0.500. The second-order valence-electron chi connectivity index (χ2n) is 7.26. The Bertz CT molecular complexity index is 753. The second-order valence-corrected chi connectivity index (χ2v) is 7.26. The number of amides is 1. The molecule has 1 aliphatic heterocycles. The number of benzene rings is 1. The Hall–Kier alpha value is -2.87. The molecular weight excluding hydrogens is 384 g/mol. The Balaban J connectivity index is 0.00000101. The van der Waals surface area contributed by atoms with E-state index in [0.29, 0.717) is 12.2 Å². The molecule has 0 bridgehead atoms. The van der Waals surface area contributed by atoms with Gasteiger partial charge in [0.15, 0.2) is 5.82 Å². The summed E-state index contributed by atoms with van der Waals surface area (Å²) in [5, 5.41) is 16.9. The normalized spacial score (nSPS) is 14.2. The molecule has 3 N–H and O–H groups in total. The molecular formula is C22H32N4O4. The Morgan fingerprint density at radius 3 is 2.50 bits per heavy atom. The van der Waals surface area contributed by atoms with Gasteiger partial charge in [-0.05, 0) is 75.1 Å². The molecule has 0 unspecified atom stereocenters. The summed E-state index contributed by atoms with van der Waals surface area (Å²) in [4.78, 5) is 23.1. The number of nitrogens with zero attached hydrogens (tertiary/aromatic N) is 2. The van der Waals surface area contributed by atoms with Crippen LogP contribution in [0, 0.1) is 0 Å². The molecule has 0 saturated carbocycles. The molecule has 0 spiro atoms. The molecule has 0 atom stereocenters. The van der Waals surface area contributed by atoms with Crippen LogP contribution in [0.5, 0.6) is 5.75 Å². The third-order valence-electron chi connectivity index (χ3n) is 5.07. The number of methoxy groups -OCH3 is 1. The summed E-state index contributed by atoms with van der Waals surface area (Å²) in [6.07, 6.45) is 7.89. The van der Waals surface area contributed by atoms with E-state index in [9.17, 15) is 4.79 Å². The van der Waals surface area contributed by atoms with Crippen LogP contribution < -0.4 is 10.1 Å². The van der Waals surface area contributed by atoms with Crippen LogP contribution in [0.3, 0.4) is 0 Å². The Morgan fingerprint density at radius 1 is 1.20 bits per heavy atom. The number of anilines is 1. The van der Waals surface area contributed by atoms with Crippen LogP contribution in [0.1, 0.15) is 44.9 Å². The van der Waals surface area contributed by atoms with Crippen LogP contribution in [0.4, 0.5) is 5.82 Å². The smallest absolute Gasteiger partial charge is 0.290 e. The van der Waals surface area contributed by atoms with Gasteiger partial charge in [-0.25, -0.2) is 0 Å². The van der Waals surface area contributed by atoms with Gasteiger partial charge in [0.05, 0.1) is 12.8 Å². The van der Waals surface area contributed by atoms with Gasteiger partial charge in [0.1, 0.15) is 5.75 Å². The Morgan fingerprint density at radius 2 is 1.87 bits per heavy atom. The fourth-order valence-electron chi connectivity index (χ4n) is 3.49. The highest BCUT2D eigenvalue weighted by atomic mass is 16.5. The van der Waals surface area contributed by atoms with E-state index in [4.69, 9.17) is 14.6 Å². The predicted octanol–water partition coefficient (Wildman–Crippen LogP) is 3.77. The number of carboxylic acid groups (broad SMARTS) is 1. The standard InChI is InChI=1S/C21H30N4O2.CH2O2/c1-27-18-11-9-17(10-12-18)19-16-20(24-23-19)22-21(26)8-4-7-15-25-13-5-2-3-6-14-25;2-1-3/h9-12,16H,2-8,13-15H2,1H3,(H2,22,23,24,26);1H,(H,2,3). The van der Waals surface area contributed by atoms with E-state index in [2.05, 4.69) is 20.4 Å². The predicted molar refractivity (Wildman–Crippen MR) is 117 cm³/mol. The SMILES string of the molecule is COc1ccc(-c2cc(NC(=O)CCCCN3CCCCCC3)n[nH]2)cc1.O=CO. The lowest BCUT2D eigenvalue weighted by molar-refractivity contribution is -0.123. The number of rotatable bonds is 8. The van der Waals surface area contributed by atoms with Gasteiger partial charge in [-0.15, -0.1) is 0 Å². The molecule has 2 aromatic rings. The van der Waals surface area contributed by atoms with E-state index < -0.39 is 0 Å². The molecule has 1 aliphatic rings.